The number of benzene rings is 1. The van der Waals surface area contributed by atoms with Crippen LogP contribution < -0.4 is 43.8 Å². The van der Waals surface area contributed by atoms with Crippen molar-refractivity contribution in [1.82, 2.24) is 26.6 Å². The SMILES string of the molecule is COCCCC(=O)[C@@H]1CSCC(=O)N[C@@H](CCCCN)C(=O)N[C@@H](CSC(C)(C)C)C(=O)C[C@@H](CCCN=C(N)N)C(=O)NCC(=O)C[C@@H](CC(=O)O)C(=O)N[C@@H](CSC(C)(C)C)C(=O)C[C@@H](Cc2ccccc2)C(=O)N1. The number of carboxylic acids is 1. The number of nitrogens with one attached hydrogen (secondary N) is 5. The van der Waals surface area contributed by atoms with E-state index < -0.39 is 132 Å². The molecule has 1 heterocycles. The van der Waals surface area contributed by atoms with Gasteiger partial charge in [0.15, 0.2) is 29.1 Å². The molecule has 0 spiro atoms. The molecule has 24 heteroatoms. The predicted molar refractivity (Wildman–Crippen MR) is 303 cm³/mol. The zero-order valence-electron chi connectivity index (χ0n) is 45.9. The Kier molecular flexibility index (Phi) is 31.4. The molecular weight excluding hydrogens is 1050 g/mol. The van der Waals surface area contributed by atoms with Gasteiger partial charge in [-0.1, -0.05) is 71.9 Å². The lowest BCUT2D eigenvalue weighted by molar-refractivity contribution is -0.142. The second-order valence-corrected chi connectivity index (χ2v) is 25.9. The molecule has 0 radical (unpaired) electrons. The third kappa shape index (κ3) is 29.5. The maximum absolute atomic E-state index is 14.5. The molecule has 77 heavy (non-hydrogen) atoms. The number of thioether (sulfide) groups is 3. The number of carbonyl (C=O) groups is 10. The Morgan fingerprint density at radius 3 is 1.90 bits per heavy atom. The number of amides is 5. The molecule has 1 saturated heterocycles. The van der Waals surface area contributed by atoms with Gasteiger partial charge in [0.05, 0.1) is 42.8 Å². The number of unbranched alkanes of at least 4 members (excludes halogenated alkanes) is 1. The van der Waals surface area contributed by atoms with Crippen molar-refractivity contribution in [2.75, 3.05) is 56.4 Å². The highest BCUT2D eigenvalue weighted by atomic mass is 32.2. The first-order valence-electron chi connectivity index (χ1n) is 26.2. The van der Waals surface area contributed by atoms with Crippen LogP contribution in [0.1, 0.15) is 118 Å². The number of hydrogen-bond acceptors (Lipinski definition) is 16. The quantitative estimate of drug-likeness (QED) is 0.0485. The van der Waals surface area contributed by atoms with Crippen molar-refractivity contribution < 1.29 is 57.8 Å². The molecule has 5 amide bonds. The molecule has 0 bridgehead atoms. The number of rotatable bonds is 21. The van der Waals surface area contributed by atoms with E-state index in [9.17, 15) is 53.1 Å². The fourth-order valence-electron chi connectivity index (χ4n) is 7.94. The summed E-state index contributed by atoms with van der Waals surface area (Å²) in [5.74, 6) is -11.0. The zero-order valence-corrected chi connectivity index (χ0v) is 48.4. The summed E-state index contributed by atoms with van der Waals surface area (Å²) >= 11 is 3.78. The van der Waals surface area contributed by atoms with Gasteiger partial charge in [-0.3, -0.25) is 52.9 Å². The number of carbonyl (C=O) groups excluding carboxylic acids is 9. The Balaban J connectivity index is 2.78. The first-order valence-corrected chi connectivity index (χ1v) is 29.3. The molecule has 1 fully saturated rings. The summed E-state index contributed by atoms with van der Waals surface area (Å²) in [6.45, 7) is 11.5. The van der Waals surface area contributed by atoms with Gasteiger partial charge in [-0.05, 0) is 57.1 Å². The van der Waals surface area contributed by atoms with Crippen LogP contribution in [0.25, 0.3) is 0 Å². The van der Waals surface area contributed by atoms with Crippen molar-refractivity contribution in [3.63, 3.8) is 0 Å². The summed E-state index contributed by atoms with van der Waals surface area (Å²) in [6.07, 6.45) is -0.372. The fraction of sp³-hybridized carbons (Fsp3) is 0.679. The maximum atomic E-state index is 14.5. The largest absolute Gasteiger partial charge is 0.481 e. The molecule has 0 saturated carbocycles. The monoisotopic (exact) mass is 1140 g/mol. The average Bonchev–Trinajstić information content (AvgIpc) is 3.34. The molecule has 7 atom stereocenters. The first-order chi connectivity index (χ1) is 36.2. The van der Waals surface area contributed by atoms with Crippen LogP contribution in [0.3, 0.4) is 0 Å². The third-order valence-corrected chi connectivity index (χ3v) is 15.8. The van der Waals surface area contributed by atoms with Crippen LogP contribution in [0.4, 0.5) is 0 Å². The third-order valence-electron chi connectivity index (χ3n) is 12.1. The average molecular weight is 1140 g/mol. The van der Waals surface area contributed by atoms with E-state index in [0.717, 1.165) is 11.8 Å². The van der Waals surface area contributed by atoms with Crippen LogP contribution in [-0.2, 0) is 59.1 Å². The van der Waals surface area contributed by atoms with Gasteiger partial charge in [0.25, 0.3) is 0 Å². The van der Waals surface area contributed by atoms with E-state index in [1.807, 2.05) is 41.5 Å². The van der Waals surface area contributed by atoms with Crippen molar-refractivity contribution in [2.45, 2.75) is 152 Å². The lowest BCUT2D eigenvalue weighted by Gasteiger charge is -2.27. The Hall–Kier alpha value is -5.04. The van der Waals surface area contributed by atoms with Crippen molar-refractivity contribution in [2.24, 2.45) is 39.9 Å². The highest BCUT2D eigenvalue weighted by molar-refractivity contribution is 8.01. The van der Waals surface area contributed by atoms with E-state index in [4.69, 9.17) is 21.9 Å². The number of ketones is 4. The number of aliphatic carboxylic acids is 1. The minimum atomic E-state index is -1.48. The van der Waals surface area contributed by atoms with Crippen molar-refractivity contribution >= 4 is 99.9 Å². The minimum Gasteiger partial charge on any atom is -0.481 e. The van der Waals surface area contributed by atoms with E-state index in [-0.39, 0.29) is 84.8 Å². The molecule has 1 aromatic rings. The van der Waals surface area contributed by atoms with Crippen LogP contribution in [0.2, 0.25) is 0 Å². The summed E-state index contributed by atoms with van der Waals surface area (Å²) in [7, 11) is 1.49. The van der Waals surface area contributed by atoms with Crippen LogP contribution in [0.5, 0.6) is 0 Å². The number of hydrogen-bond donors (Lipinski definition) is 9. The number of nitrogens with zero attached hydrogens (tertiary/aromatic N) is 1. The smallest absolute Gasteiger partial charge is 0.304 e. The number of guanidine groups is 1. The van der Waals surface area contributed by atoms with Gasteiger partial charge in [-0.2, -0.15) is 23.5 Å². The van der Waals surface area contributed by atoms with E-state index in [2.05, 4.69) is 31.6 Å². The van der Waals surface area contributed by atoms with Gasteiger partial charge >= 0.3 is 5.97 Å². The summed E-state index contributed by atoms with van der Waals surface area (Å²) in [5, 5.41) is 23.6. The second-order valence-electron chi connectivity index (χ2n) is 21.1. The second kappa shape index (κ2) is 35.5. The summed E-state index contributed by atoms with van der Waals surface area (Å²) in [4.78, 5) is 143. The molecular formula is C53H85N9O12S3. The van der Waals surface area contributed by atoms with Gasteiger partial charge in [-0.25, -0.2) is 0 Å². The van der Waals surface area contributed by atoms with Gasteiger partial charge in [-0.15, -0.1) is 11.8 Å². The summed E-state index contributed by atoms with van der Waals surface area (Å²) < 4.78 is 4.38. The molecule has 12 N–H and O–H groups in total. The number of nitrogens with two attached hydrogens (primary N) is 3. The number of methoxy groups -OCH3 is 1. The molecule has 1 aliphatic rings. The number of carboxylic acid groups (broad SMARTS) is 1. The highest BCUT2D eigenvalue weighted by Gasteiger charge is 2.36. The van der Waals surface area contributed by atoms with E-state index >= 15 is 0 Å². The van der Waals surface area contributed by atoms with Gasteiger partial charge < -0.3 is 53.6 Å². The zero-order chi connectivity index (χ0) is 57.7. The Morgan fingerprint density at radius 1 is 0.727 bits per heavy atom. The standard InChI is InChI=1S/C53H85N9O12S3/c1-52(2,3)76-30-40-44(66)26-35(23-33-15-9-8-10-16-33)48(71)60-39(42(64)19-14-22-74-7)29-75-32-45(67)59-38(18-11-12-20-54)50(73)62-41(31-77-53(4,5)6)43(65)25-34(17-13-21-57-51(55)56)47(70)58-28-37(63)24-36(27-46(68)69)49(72)61-40/h8-10,15-16,34-36,38-41H,11-14,17-32,54H2,1-7H3,(H,58,70)(H,59,67)(H,60,71)(H,61,72)(H,62,73)(H,68,69)(H4,55,56,57)/t34-,35-,36+,38+,39+,40+,41+/m1/s1. The molecule has 1 aromatic carbocycles. The predicted octanol–water partition coefficient (Wildman–Crippen LogP) is 2.47. The molecule has 1 aliphatic heterocycles. The lowest BCUT2D eigenvalue weighted by atomic mass is 9.90. The Morgan fingerprint density at radius 2 is 1.32 bits per heavy atom. The fourth-order valence-corrected chi connectivity index (χ4v) is 10.7. The molecule has 21 nitrogen and oxygen atoms in total. The Bertz CT molecular complexity index is 2150. The molecule has 0 aromatic heterocycles. The molecule has 0 aliphatic carbocycles. The molecule has 432 valence electrons. The minimum absolute atomic E-state index is 0.0187. The maximum Gasteiger partial charge on any atom is 0.304 e. The van der Waals surface area contributed by atoms with Gasteiger partial charge in [0, 0.05) is 84.5 Å². The van der Waals surface area contributed by atoms with Gasteiger partial charge in [0.2, 0.25) is 29.5 Å². The van der Waals surface area contributed by atoms with Crippen LogP contribution in [0, 0.1) is 17.8 Å². The topological polar surface area (TPSA) is 351 Å². The molecule has 2 rings (SSSR count). The van der Waals surface area contributed by atoms with E-state index in [1.54, 1.807) is 30.3 Å². The van der Waals surface area contributed by atoms with Crippen molar-refractivity contribution in [3.05, 3.63) is 35.9 Å². The van der Waals surface area contributed by atoms with Crippen LogP contribution in [0.15, 0.2) is 35.3 Å². The summed E-state index contributed by atoms with van der Waals surface area (Å²) in [6, 6.07) is 4.27. The van der Waals surface area contributed by atoms with Gasteiger partial charge in [0.1, 0.15) is 6.04 Å². The van der Waals surface area contributed by atoms with E-state index in [0.29, 0.717) is 31.4 Å². The highest BCUT2D eigenvalue weighted by Crippen LogP contribution is 2.27. The summed E-state index contributed by atoms with van der Waals surface area (Å²) in [5.41, 5.74) is 17.5. The van der Waals surface area contributed by atoms with Crippen molar-refractivity contribution in [3.8, 4) is 0 Å². The number of Topliss-reactive ketones (excluding diaryl/α,β-unsaturated/α-hetero) is 4. The Labute approximate surface area is 466 Å². The number of aliphatic imine (C=N–C) groups is 1. The lowest BCUT2D eigenvalue weighted by Crippen LogP contribution is -2.53. The van der Waals surface area contributed by atoms with Crippen LogP contribution >= 0.6 is 35.3 Å². The van der Waals surface area contributed by atoms with E-state index in [1.165, 1.54) is 30.6 Å². The molecule has 0 unspecified atom stereocenters. The number of ether oxygens (including phenoxy) is 1. The normalized spacial score (nSPS) is 22.9. The first kappa shape index (κ1) is 68.1. The van der Waals surface area contributed by atoms with Crippen molar-refractivity contribution in [1.29, 1.82) is 0 Å². The van der Waals surface area contributed by atoms with Crippen LogP contribution in [-0.4, -0.2) is 160 Å².